The van der Waals surface area contributed by atoms with Gasteiger partial charge in [-0.05, 0) is 44.3 Å². The molecule has 0 unspecified atom stereocenters. The van der Waals surface area contributed by atoms with E-state index in [1.807, 2.05) is 35.2 Å². The first-order chi connectivity index (χ1) is 12.6. The van der Waals surface area contributed by atoms with Gasteiger partial charge in [-0.1, -0.05) is 30.3 Å². The standard InChI is InChI=1S/C21H26N2O3/c1-22-11-4-9-21(14-24)10-12-23(13-18(21)22)20(26)17-8-7-15-5-2-3-6-16(15)19(17)25/h2-3,5-8,18,24-25H,4,9-14H2,1H3/t18-,21-/m1/s1. The van der Waals surface area contributed by atoms with E-state index in [1.165, 1.54) is 0 Å². The summed E-state index contributed by atoms with van der Waals surface area (Å²) in [6.45, 7) is 2.39. The Balaban J connectivity index is 1.62. The normalized spacial score (nSPS) is 26.7. The molecule has 0 saturated carbocycles. The second kappa shape index (κ2) is 6.56. The number of amides is 1. The summed E-state index contributed by atoms with van der Waals surface area (Å²) in [5, 5.41) is 22.3. The van der Waals surface area contributed by atoms with Crippen LogP contribution in [0.3, 0.4) is 0 Å². The topological polar surface area (TPSA) is 64.0 Å². The highest BCUT2D eigenvalue weighted by atomic mass is 16.3. The van der Waals surface area contributed by atoms with Gasteiger partial charge in [0.25, 0.3) is 5.91 Å². The van der Waals surface area contributed by atoms with Crippen molar-refractivity contribution < 1.29 is 15.0 Å². The summed E-state index contributed by atoms with van der Waals surface area (Å²) in [5.74, 6) is -0.0668. The summed E-state index contributed by atoms with van der Waals surface area (Å²) in [4.78, 5) is 17.2. The zero-order valence-electron chi connectivity index (χ0n) is 15.2. The Bertz CT molecular complexity index is 837. The van der Waals surface area contributed by atoms with Crippen LogP contribution >= 0.6 is 0 Å². The van der Waals surface area contributed by atoms with Gasteiger partial charge in [0.15, 0.2) is 0 Å². The van der Waals surface area contributed by atoms with Gasteiger partial charge in [-0.2, -0.15) is 0 Å². The maximum absolute atomic E-state index is 13.1. The highest BCUT2D eigenvalue weighted by molar-refractivity contribution is 6.03. The number of carbonyl (C=O) groups is 1. The molecule has 0 spiro atoms. The highest BCUT2D eigenvalue weighted by Gasteiger charge is 2.47. The molecule has 2 atom stereocenters. The lowest BCUT2D eigenvalue weighted by molar-refractivity contribution is -0.0601. The van der Waals surface area contributed by atoms with Crippen molar-refractivity contribution in [1.82, 2.24) is 9.80 Å². The van der Waals surface area contributed by atoms with E-state index in [0.29, 0.717) is 24.0 Å². The molecular formula is C21H26N2O3. The zero-order chi connectivity index (χ0) is 18.3. The van der Waals surface area contributed by atoms with Crippen molar-refractivity contribution in [3.05, 3.63) is 42.0 Å². The summed E-state index contributed by atoms with van der Waals surface area (Å²) < 4.78 is 0. The minimum atomic E-state index is -0.126. The molecule has 2 aliphatic heterocycles. The maximum atomic E-state index is 13.1. The number of aliphatic hydroxyl groups excluding tert-OH is 1. The van der Waals surface area contributed by atoms with Gasteiger partial charge < -0.3 is 20.0 Å². The van der Waals surface area contributed by atoms with E-state index < -0.39 is 0 Å². The van der Waals surface area contributed by atoms with Crippen molar-refractivity contribution in [2.24, 2.45) is 5.41 Å². The number of phenols is 1. The second-order valence-corrected chi connectivity index (χ2v) is 7.80. The number of carbonyl (C=O) groups excluding carboxylic acids is 1. The van der Waals surface area contributed by atoms with Crippen LogP contribution in [0, 0.1) is 5.41 Å². The number of benzene rings is 2. The number of fused-ring (bicyclic) bond motifs is 2. The van der Waals surface area contributed by atoms with Crippen molar-refractivity contribution in [1.29, 1.82) is 0 Å². The lowest BCUT2D eigenvalue weighted by atomic mass is 9.69. The number of piperidine rings is 2. The third kappa shape index (κ3) is 2.66. The molecule has 2 heterocycles. The number of likely N-dealkylation sites (tertiary alicyclic amines) is 2. The Labute approximate surface area is 153 Å². The lowest BCUT2D eigenvalue weighted by Gasteiger charge is -2.53. The summed E-state index contributed by atoms with van der Waals surface area (Å²) >= 11 is 0. The highest BCUT2D eigenvalue weighted by Crippen LogP contribution is 2.42. The minimum Gasteiger partial charge on any atom is -0.506 e. The van der Waals surface area contributed by atoms with Crippen LogP contribution in [0.1, 0.15) is 29.6 Å². The number of likely N-dealkylation sites (N-methyl/N-ethyl adjacent to an activating group) is 1. The molecule has 4 rings (SSSR count). The van der Waals surface area contributed by atoms with Gasteiger partial charge in [-0.15, -0.1) is 0 Å². The molecule has 2 aromatic carbocycles. The van der Waals surface area contributed by atoms with Crippen molar-refractivity contribution >= 4 is 16.7 Å². The molecule has 0 radical (unpaired) electrons. The molecule has 2 N–H and O–H groups in total. The number of nitrogens with zero attached hydrogens (tertiary/aromatic N) is 2. The molecule has 2 aliphatic rings. The molecule has 26 heavy (non-hydrogen) atoms. The summed E-state index contributed by atoms with van der Waals surface area (Å²) in [7, 11) is 2.08. The molecule has 0 bridgehead atoms. The van der Waals surface area contributed by atoms with E-state index >= 15 is 0 Å². The first kappa shape index (κ1) is 17.3. The minimum absolute atomic E-state index is 0.0593. The number of phenolic OH excluding ortho intramolecular Hbond substituents is 1. The van der Waals surface area contributed by atoms with E-state index in [1.54, 1.807) is 6.07 Å². The SMILES string of the molecule is CN1CCC[C@]2(CO)CCN(C(=O)c3ccc4ccccc4c3O)C[C@@H]12. The largest absolute Gasteiger partial charge is 0.506 e. The average Bonchev–Trinajstić information content (AvgIpc) is 2.68. The smallest absolute Gasteiger partial charge is 0.257 e. The Morgan fingerprint density at radius 3 is 2.81 bits per heavy atom. The average molecular weight is 354 g/mol. The predicted octanol–water partition coefficient (Wildman–Crippen LogP) is 2.46. The number of rotatable bonds is 2. The van der Waals surface area contributed by atoms with Crippen molar-refractivity contribution in [3.63, 3.8) is 0 Å². The van der Waals surface area contributed by atoms with Gasteiger partial charge in [0.1, 0.15) is 5.75 Å². The lowest BCUT2D eigenvalue weighted by Crippen LogP contribution is -2.62. The first-order valence-electron chi connectivity index (χ1n) is 9.37. The molecule has 138 valence electrons. The first-order valence-corrected chi connectivity index (χ1v) is 9.37. The molecule has 2 aromatic rings. The van der Waals surface area contributed by atoms with Crippen LogP contribution in [0.15, 0.2) is 36.4 Å². The molecule has 1 amide bonds. The van der Waals surface area contributed by atoms with Gasteiger partial charge in [-0.25, -0.2) is 0 Å². The van der Waals surface area contributed by atoms with Gasteiger partial charge in [0, 0.05) is 29.9 Å². The number of aliphatic hydroxyl groups is 1. The number of hydrogen-bond acceptors (Lipinski definition) is 4. The monoisotopic (exact) mass is 354 g/mol. The van der Waals surface area contributed by atoms with E-state index in [0.717, 1.165) is 31.2 Å². The van der Waals surface area contributed by atoms with Gasteiger partial charge >= 0.3 is 0 Å². The molecule has 2 saturated heterocycles. The molecule has 0 aliphatic carbocycles. The van der Waals surface area contributed by atoms with Crippen LogP contribution in [0.25, 0.3) is 10.8 Å². The molecule has 5 nitrogen and oxygen atoms in total. The van der Waals surface area contributed by atoms with Gasteiger partial charge in [-0.3, -0.25) is 4.79 Å². The van der Waals surface area contributed by atoms with Crippen molar-refractivity contribution in [2.45, 2.75) is 25.3 Å². The van der Waals surface area contributed by atoms with E-state index in [2.05, 4.69) is 11.9 Å². The summed E-state index contributed by atoms with van der Waals surface area (Å²) in [6.07, 6.45) is 2.91. The Kier molecular flexibility index (Phi) is 4.37. The zero-order valence-corrected chi connectivity index (χ0v) is 15.2. The van der Waals surface area contributed by atoms with Crippen LogP contribution < -0.4 is 0 Å². The second-order valence-electron chi connectivity index (χ2n) is 7.80. The maximum Gasteiger partial charge on any atom is 0.257 e. The molecule has 0 aromatic heterocycles. The number of hydrogen-bond donors (Lipinski definition) is 2. The van der Waals surface area contributed by atoms with Gasteiger partial charge in [0.05, 0.1) is 12.2 Å². The fraction of sp³-hybridized carbons (Fsp3) is 0.476. The van der Waals surface area contributed by atoms with E-state index in [-0.39, 0.29) is 29.7 Å². The van der Waals surface area contributed by atoms with E-state index in [9.17, 15) is 15.0 Å². The van der Waals surface area contributed by atoms with Gasteiger partial charge in [0.2, 0.25) is 0 Å². The third-order valence-electron chi connectivity index (χ3n) is 6.43. The van der Waals surface area contributed by atoms with E-state index in [4.69, 9.17) is 0 Å². The van der Waals surface area contributed by atoms with Crippen LogP contribution in [0.4, 0.5) is 0 Å². The van der Waals surface area contributed by atoms with Crippen LogP contribution in [-0.2, 0) is 0 Å². The molecule has 2 fully saturated rings. The number of aromatic hydroxyl groups is 1. The Morgan fingerprint density at radius 1 is 1.19 bits per heavy atom. The molecular weight excluding hydrogens is 328 g/mol. The predicted molar refractivity (Wildman–Crippen MR) is 101 cm³/mol. The van der Waals surface area contributed by atoms with Crippen LogP contribution in [0.2, 0.25) is 0 Å². The Morgan fingerprint density at radius 2 is 2.00 bits per heavy atom. The summed E-state index contributed by atoms with van der Waals surface area (Å²) in [6, 6.07) is 11.3. The fourth-order valence-corrected chi connectivity index (χ4v) is 4.80. The summed E-state index contributed by atoms with van der Waals surface area (Å²) in [5.41, 5.74) is 0.258. The quantitative estimate of drug-likeness (QED) is 0.870. The van der Waals surface area contributed by atoms with Crippen LogP contribution in [-0.4, -0.2) is 65.3 Å². The Hall–Kier alpha value is -2.11. The molecule has 5 heteroatoms. The van der Waals surface area contributed by atoms with Crippen molar-refractivity contribution in [2.75, 3.05) is 33.3 Å². The third-order valence-corrected chi connectivity index (χ3v) is 6.43. The van der Waals surface area contributed by atoms with Crippen molar-refractivity contribution in [3.8, 4) is 5.75 Å². The van der Waals surface area contributed by atoms with Crippen LogP contribution in [0.5, 0.6) is 5.75 Å². The fourth-order valence-electron chi connectivity index (χ4n) is 4.80.